The van der Waals surface area contributed by atoms with E-state index in [1.54, 1.807) is 0 Å². The maximum absolute atomic E-state index is 12.7. The predicted octanol–water partition coefficient (Wildman–Crippen LogP) is 2.83. The summed E-state index contributed by atoms with van der Waals surface area (Å²) < 4.78 is 36.6. The lowest BCUT2D eigenvalue weighted by Crippen LogP contribution is -2.01. The van der Waals surface area contributed by atoms with Crippen molar-refractivity contribution >= 4 is 21.6 Å². The van der Waals surface area contributed by atoms with Crippen molar-refractivity contribution in [2.24, 2.45) is 0 Å². The van der Waals surface area contributed by atoms with Gasteiger partial charge in [-0.2, -0.15) is 0 Å². The van der Waals surface area contributed by atoms with Gasteiger partial charge in [0.05, 0.1) is 11.0 Å². The van der Waals surface area contributed by atoms with Gasteiger partial charge in [-0.05, 0) is 15.9 Å². The van der Waals surface area contributed by atoms with Crippen molar-refractivity contribution in [3.8, 4) is 0 Å². The van der Waals surface area contributed by atoms with Gasteiger partial charge in [-0.15, -0.1) is 0 Å². The summed E-state index contributed by atoms with van der Waals surface area (Å²) >= 11 is 2.56. The Bertz CT molecular complexity index is 386. The Morgan fingerprint density at radius 2 is 2.14 bits per heavy atom. The van der Waals surface area contributed by atoms with E-state index in [0.29, 0.717) is 6.07 Å². The van der Waals surface area contributed by atoms with Gasteiger partial charge in [0.1, 0.15) is 4.60 Å². The van der Waals surface area contributed by atoms with E-state index in [1.165, 1.54) is 0 Å². The lowest BCUT2D eigenvalue weighted by molar-refractivity contribution is -0.386. The molecule has 0 amide bonds. The zero-order valence-electron chi connectivity index (χ0n) is 6.38. The summed E-state index contributed by atoms with van der Waals surface area (Å²) in [6.07, 6.45) is -3.12. The van der Waals surface area contributed by atoms with Gasteiger partial charge >= 0.3 is 0 Å². The number of hydrogen-bond donors (Lipinski definition) is 0. The lowest BCUT2D eigenvalue weighted by Gasteiger charge is -2.01. The largest absolute Gasteiger partial charge is 0.299 e. The van der Waals surface area contributed by atoms with Crippen molar-refractivity contribution in [1.29, 1.82) is 0 Å². The van der Waals surface area contributed by atoms with E-state index in [9.17, 15) is 23.3 Å². The lowest BCUT2D eigenvalue weighted by atomic mass is 10.3. The van der Waals surface area contributed by atoms with Crippen LogP contribution in [0.25, 0.3) is 0 Å². The molecule has 1 aromatic rings. The minimum Gasteiger partial charge on any atom is -0.258 e. The molecular formula is C6H2BrF3N2O2. The highest BCUT2D eigenvalue weighted by Crippen LogP contribution is 2.29. The summed E-state index contributed by atoms with van der Waals surface area (Å²) in [4.78, 5) is 12.2. The predicted molar refractivity (Wildman–Crippen MR) is 43.5 cm³/mol. The summed E-state index contributed by atoms with van der Waals surface area (Å²) in [5.41, 5.74) is -2.08. The molecule has 0 saturated heterocycles. The minimum absolute atomic E-state index is 0.401. The number of aromatic nitrogens is 1. The number of hydrogen-bond acceptors (Lipinski definition) is 3. The van der Waals surface area contributed by atoms with Crippen LogP contribution in [-0.4, -0.2) is 9.91 Å². The van der Waals surface area contributed by atoms with Crippen molar-refractivity contribution in [2.45, 2.75) is 6.43 Å². The molecule has 0 radical (unpaired) electrons. The average Bonchev–Trinajstić information content (AvgIpc) is 2.08. The Labute approximate surface area is 84.0 Å². The van der Waals surface area contributed by atoms with E-state index >= 15 is 0 Å². The van der Waals surface area contributed by atoms with Crippen molar-refractivity contribution in [2.75, 3.05) is 0 Å². The molecule has 14 heavy (non-hydrogen) atoms. The first-order chi connectivity index (χ1) is 6.43. The van der Waals surface area contributed by atoms with Gasteiger partial charge in [-0.25, -0.2) is 18.2 Å². The molecule has 0 atom stereocenters. The van der Waals surface area contributed by atoms with Crippen LogP contribution in [0.2, 0.25) is 0 Å². The molecule has 0 fully saturated rings. The summed E-state index contributed by atoms with van der Waals surface area (Å²) in [5.74, 6) is -1.05. The van der Waals surface area contributed by atoms with E-state index < -0.39 is 33.2 Å². The highest BCUT2D eigenvalue weighted by atomic mass is 79.9. The van der Waals surface area contributed by atoms with Crippen LogP contribution >= 0.6 is 15.9 Å². The third kappa shape index (κ3) is 2.00. The van der Waals surface area contributed by atoms with Gasteiger partial charge in [0, 0.05) is 0 Å². The maximum Gasteiger partial charge on any atom is 0.299 e. The van der Waals surface area contributed by atoms with Crippen LogP contribution in [0.4, 0.5) is 18.9 Å². The van der Waals surface area contributed by atoms with E-state index in [2.05, 4.69) is 20.9 Å². The zero-order chi connectivity index (χ0) is 10.9. The Morgan fingerprint density at radius 1 is 1.57 bits per heavy atom. The molecule has 1 aromatic heterocycles. The first-order valence-electron chi connectivity index (χ1n) is 3.22. The van der Waals surface area contributed by atoms with Crippen LogP contribution in [0, 0.1) is 15.9 Å². The topological polar surface area (TPSA) is 56.0 Å². The first-order valence-corrected chi connectivity index (χ1v) is 4.01. The molecule has 0 N–H and O–H groups in total. The standard InChI is InChI=1S/C6H2BrF3N2O2/c7-5-2(8)1-3(12(13)14)4(11-5)6(9)10/h1,6H. The molecule has 0 aromatic carbocycles. The number of halogens is 4. The van der Waals surface area contributed by atoms with Gasteiger partial charge in [0.2, 0.25) is 0 Å². The molecule has 1 heterocycles. The first kappa shape index (κ1) is 10.9. The summed E-state index contributed by atoms with van der Waals surface area (Å²) in [6, 6.07) is 0.401. The minimum atomic E-state index is -3.12. The van der Waals surface area contributed by atoms with Crippen molar-refractivity contribution < 1.29 is 18.1 Å². The summed E-state index contributed by atoms with van der Waals surface area (Å²) in [7, 11) is 0. The molecule has 0 aliphatic heterocycles. The molecule has 0 unspecified atom stereocenters. The molecule has 0 aliphatic carbocycles. The van der Waals surface area contributed by atoms with E-state index in [0.717, 1.165) is 0 Å². The van der Waals surface area contributed by atoms with Crippen molar-refractivity contribution in [3.05, 3.63) is 32.3 Å². The van der Waals surface area contributed by atoms with E-state index in [4.69, 9.17) is 0 Å². The SMILES string of the molecule is O=[N+]([O-])c1cc(F)c(Br)nc1C(F)F. The Balaban J connectivity index is 3.39. The third-order valence-corrected chi connectivity index (χ3v) is 1.90. The van der Waals surface area contributed by atoms with Crippen LogP contribution in [-0.2, 0) is 0 Å². The molecule has 8 heteroatoms. The Morgan fingerprint density at radius 3 is 2.57 bits per heavy atom. The number of alkyl halides is 2. The van der Waals surface area contributed by atoms with Gasteiger partial charge in [-0.1, -0.05) is 0 Å². The van der Waals surface area contributed by atoms with Crippen LogP contribution < -0.4 is 0 Å². The molecule has 1 rings (SSSR count). The molecule has 0 saturated carbocycles. The highest BCUT2D eigenvalue weighted by molar-refractivity contribution is 9.10. The second-order valence-corrected chi connectivity index (χ2v) is 2.97. The van der Waals surface area contributed by atoms with Gasteiger partial charge in [0.25, 0.3) is 12.1 Å². The monoisotopic (exact) mass is 270 g/mol. The number of rotatable bonds is 2. The second-order valence-electron chi connectivity index (χ2n) is 2.22. The molecule has 0 spiro atoms. The van der Waals surface area contributed by atoms with Gasteiger partial charge < -0.3 is 0 Å². The second kappa shape index (κ2) is 3.91. The van der Waals surface area contributed by atoms with Crippen LogP contribution in [0.1, 0.15) is 12.1 Å². The zero-order valence-corrected chi connectivity index (χ0v) is 7.96. The quantitative estimate of drug-likeness (QED) is 0.472. The Kier molecular flexibility index (Phi) is 3.04. The van der Waals surface area contributed by atoms with E-state index in [1.807, 2.05) is 0 Å². The van der Waals surface area contributed by atoms with Crippen molar-refractivity contribution in [3.63, 3.8) is 0 Å². The molecule has 76 valence electrons. The van der Waals surface area contributed by atoms with Crippen LogP contribution in [0.5, 0.6) is 0 Å². The highest BCUT2D eigenvalue weighted by Gasteiger charge is 2.25. The fourth-order valence-corrected chi connectivity index (χ4v) is 1.08. The summed E-state index contributed by atoms with van der Waals surface area (Å²) in [6.45, 7) is 0. The van der Waals surface area contributed by atoms with E-state index in [-0.39, 0.29) is 0 Å². The normalized spacial score (nSPS) is 10.6. The molecule has 0 bridgehead atoms. The van der Waals surface area contributed by atoms with Crippen molar-refractivity contribution in [1.82, 2.24) is 4.98 Å². The summed E-state index contributed by atoms with van der Waals surface area (Å²) in [5, 5.41) is 10.2. The van der Waals surface area contributed by atoms with Gasteiger partial charge in [0.15, 0.2) is 11.5 Å². The number of nitro groups is 1. The number of pyridine rings is 1. The van der Waals surface area contributed by atoms with Crippen LogP contribution in [0.15, 0.2) is 10.7 Å². The fourth-order valence-electron chi connectivity index (χ4n) is 0.777. The smallest absolute Gasteiger partial charge is 0.258 e. The maximum atomic E-state index is 12.7. The molecular weight excluding hydrogens is 269 g/mol. The fraction of sp³-hybridized carbons (Fsp3) is 0.167. The average molecular weight is 271 g/mol. The third-order valence-electron chi connectivity index (χ3n) is 1.34. The number of nitrogens with zero attached hydrogens (tertiary/aromatic N) is 2. The molecule has 4 nitrogen and oxygen atoms in total. The molecule has 0 aliphatic rings. The van der Waals surface area contributed by atoms with Crippen LogP contribution in [0.3, 0.4) is 0 Å². The van der Waals surface area contributed by atoms with Gasteiger partial charge in [-0.3, -0.25) is 10.1 Å². The Hall–Kier alpha value is -1.18.